The predicted octanol–water partition coefficient (Wildman–Crippen LogP) is 1.92. The summed E-state index contributed by atoms with van der Waals surface area (Å²) in [7, 11) is 0. The number of rotatable bonds is 5. The largest absolute Gasteiger partial charge is 0.396 e. The minimum Gasteiger partial charge on any atom is -0.396 e. The predicted molar refractivity (Wildman–Crippen MR) is 80.5 cm³/mol. The van der Waals surface area contributed by atoms with Crippen LogP contribution in [0.1, 0.15) is 58.8 Å². The molecule has 1 aliphatic heterocycles. The maximum atomic E-state index is 12.6. The Bertz CT molecular complexity index is 324. The minimum absolute atomic E-state index is 0.0249. The molecule has 20 heavy (non-hydrogen) atoms. The van der Waals surface area contributed by atoms with Crippen LogP contribution in [0.2, 0.25) is 0 Å². The van der Waals surface area contributed by atoms with Crippen molar-refractivity contribution in [3.05, 3.63) is 0 Å². The molecule has 0 radical (unpaired) electrons. The van der Waals surface area contributed by atoms with E-state index in [-0.39, 0.29) is 24.0 Å². The van der Waals surface area contributed by atoms with Gasteiger partial charge in [0, 0.05) is 24.5 Å². The molecule has 1 amide bonds. The van der Waals surface area contributed by atoms with Gasteiger partial charge in [0.15, 0.2) is 0 Å². The summed E-state index contributed by atoms with van der Waals surface area (Å²) in [5.41, 5.74) is -0.0341. The maximum Gasteiger partial charge on any atom is 0.239 e. The first-order chi connectivity index (χ1) is 9.56. The number of aliphatic hydroxyl groups excluding tert-OH is 1. The number of amides is 1. The van der Waals surface area contributed by atoms with Gasteiger partial charge >= 0.3 is 0 Å². The van der Waals surface area contributed by atoms with Crippen molar-refractivity contribution in [2.45, 2.75) is 70.9 Å². The van der Waals surface area contributed by atoms with Crippen LogP contribution >= 0.6 is 0 Å². The molecule has 0 spiro atoms. The molecular weight excluding hydrogens is 252 g/mol. The third-order valence-corrected chi connectivity index (χ3v) is 4.84. The minimum atomic E-state index is -0.0341. The smallest absolute Gasteiger partial charge is 0.239 e. The first-order valence-corrected chi connectivity index (χ1v) is 8.22. The van der Waals surface area contributed by atoms with E-state index in [1.807, 2.05) is 4.90 Å². The molecule has 0 aromatic rings. The summed E-state index contributed by atoms with van der Waals surface area (Å²) in [5, 5.41) is 13.2. The zero-order chi connectivity index (χ0) is 14.6. The second kappa shape index (κ2) is 6.90. The number of hydrogen-bond acceptors (Lipinski definition) is 3. The Morgan fingerprint density at radius 1 is 1.30 bits per heavy atom. The molecule has 2 N–H and O–H groups in total. The van der Waals surface area contributed by atoms with Crippen LogP contribution in [0.3, 0.4) is 0 Å². The highest BCUT2D eigenvalue weighted by atomic mass is 16.3. The molecule has 2 aliphatic rings. The molecule has 1 aliphatic carbocycles. The summed E-state index contributed by atoms with van der Waals surface area (Å²) in [6.07, 6.45) is 7.79. The zero-order valence-corrected chi connectivity index (χ0v) is 13.0. The van der Waals surface area contributed by atoms with Gasteiger partial charge in [-0.2, -0.15) is 0 Å². The number of hydrogen-bond donors (Lipinski definition) is 2. The zero-order valence-electron chi connectivity index (χ0n) is 13.0. The number of nitrogens with one attached hydrogen (secondary N) is 1. The lowest BCUT2D eigenvalue weighted by Gasteiger charge is -2.42. The van der Waals surface area contributed by atoms with Crippen LogP contribution in [0.15, 0.2) is 0 Å². The number of carbonyl (C=O) groups is 1. The van der Waals surface area contributed by atoms with Crippen molar-refractivity contribution < 1.29 is 9.90 Å². The number of nitrogens with zero attached hydrogens (tertiary/aromatic N) is 1. The topological polar surface area (TPSA) is 52.6 Å². The van der Waals surface area contributed by atoms with Gasteiger partial charge in [0.2, 0.25) is 5.91 Å². The van der Waals surface area contributed by atoms with E-state index in [9.17, 15) is 9.90 Å². The lowest BCUT2D eigenvalue weighted by Crippen LogP contribution is -2.55. The Hall–Kier alpha value is -0.610. The normalized spacial score (nSPS) is 27.1. The summed E-state index contributed by atoms with van der Waals surface area (Å²) in [6, 6.07) is 0.313. The molecule has 1 unspecified atom stereocenters. The van der Waals surface area contributed by atoms with Crippen LogP contribution in [0, 0.1) is 5.41 Å². The van der Waals surface area contributed by atoms with Crippen LogP contribution < -0.4 is 5.32 Å². The Morgan fingerprint density at radius 2 is 2.00 bits per heavy atom. The van der Waals surface area contributed by atoms with Gasteiger partial charge in [-0.15, -0.1) is 0 Å². The summed E-state index contributed by atoms with van der Waals surface area (Å²) < 4.78 is 0. The van der Waals surface area contributed by atoms with Crippen molar-refractivity contribution in [2.75, 3.05) is 19.7 Å². The fraction of sp³-hybridized carbons (Fsp3) is 0.938. The Morgan fingerprint density at radius 3 is 2.60 bits per heavy atom. The van der Waals surface area contributed by atoms with Crippen molar-refractivity contribution in [3.63, 3.8) is 0 Å². The van der Waals surface area contributed by atoms with Crippen molar-refractivity contribution in [3.8, 4) is 0 Å². The lowest BCUT2D eigenvalue weighted by molar-refractivity contribution is -0.139. The van der Waals surface area contributed by atoms with E-state index in [1.165, 1.54) is 19.3 Å². The summed E-state index contributed by atoms with van der Waals surface area (Å²) in [4.78, 5) is 14.6. The van der Waals surface area contributed by atoms with Gasteiger partial charge in [-0.25, -0.2) is 0 Å². The average molecular weight is 282 g/mol. The number of carbonyl (C=O) groups excluding carboxylic acids is 1. The van der Waals surface area contributed by atoms with E-state index in [1.54, 1.807) is 0 Å². The molecule has 116 valence electrons. The summed E-state index contributed by atoms with van der Waals surface area (Å²) >= 11 is 0. The van der Waals surface area contributed by atoms with Gasteiger partial charge < -0.3 is 15.3 Å². The SMILES string of the molecule is CC(C)NC1CCCN(CC2(CO)CCCCC2)C1=O. The highest BCUT2D eigenvalue weighted by molar-refractivity contribution is 5.82. The molecule has 4 nitrogen and oxygen atoms in total. The molecule has 2 rings (SSSR count). The van der Waals surface area contributed by atoms with Gasteiger partial charge in [0.1, 0.15) is 0 Å². The quantitative estimate of drug-likeness (QED) is 0.810. The molecule has 0 bridgehead atoms. The van der Waals surface area contributed by atoms with Crippen LogP contribution in [0.5, 0.6) is 0 Å². The first kappa shape index (κ1) is 15.8. The van der Waals surface area contributed by atoms with Crippen LogP contribution in [-0.4, -0.2) is 47.7 Å². The molecule has 4 heteroatoms. The Balaban J connectivity index is 1.98. The number of likely N-dealkylation sites (tertiary alicyclic amines) is 1. The molecular formula is C16H30N2O2. The molecule has 0 aromatic carbocycles. The van der Waals surface area contributed by atoms with Gasteiger partial charge in [0.05, 0.1) is 12.6 Å². The summed E-state index contributed by atoms with van der Waals surface area (Å²) in [6.45, 7) is 6.00. The van der Waals surface area contributed by atoms with Crippen molar-refractivity contribution in [2.24, 2.45) is 5.41 Å². The van der Waals surface area contributed by atoms with E-state index in [0.29, 0.717) is 6.04 Å². The van der Waals surface area contributed by atoms with E-state index in [4.69, 9.17) is 0 Å². The van der Waals surface area contributed by atoms with E-state index in [0.717, 1.165) is 38.8 Å². The second-order valence-corrected chi connectivity index (χ2v) is 6.99. The highest BCUT2D eigenvalue weighted by Gasteiger charge is 2.37. The molecule has 1 saturated carbocycles. The standard InChI is InChI=1S/C16H30N2O2/c1-13(2)17-14-7-6-10-18(15(14)20)11-16(12-19)8-4-3-5-9-16/h13-14,17,19H,3-12H2,1-2H3. The number of piperidine rings is 1. The van der Waals surface area contributed by atoms with Gasteiger partial charge in [0.25, 0.3) is 0 Å². The monoisotopic (exact) mass is 282 g/mol. The van der Waals surface area contributed by atoms with Gasteiger partial charge in [-0.1, -0.05) is 33.1 Å². The van der Waals surface area contributed by atoms with Crippen LogP contribution in [0.4, 0.5) is 0 Å². The van der Waals surface area contributed by atoms with Crippen LogP contribution in [-0.2, 0) is 4.79 Å². The Labute approximate surface area is 122 Å². The van der Waals surface area contributed by atoms with Gasteiger partial charge in [-0.05, 0) is 25.7 Å². The summed E-state index contributed by atoms with van der Waals surface area (Å²) in [5.74, 6) is 0.239. The maximum absolute atomic E-state index is 12.6. The third kappa shape index (κ3) is 3.73. The van der Waals surface area contributed by atoms with Gasteiger partial charge in [-0.3, -0.25) is 4.79 Å². The fourth-order valence-corrected chi connectivity index (χ4v) is 3.73. The molecule has 2 fully saturated rings. The Kier molecular flexibility index (Phi) is 5.44. The molecule has 0 aromatic heterocycles. The molecule has 1 atom stereocenters. The van der Waals surface area contributed by atoms with Crippen molar-refractivity contribution in [1.82, 2.24) is 10.2 Å². The second-order valence-electron chi connectivity index (χ2n) is 6.99. The van der Waals surface area contributed by atoms with E-state index < -0.39 is 0 Å². The number of aliphatic hydroxyl groups is 1. The first-order valence-electron chi connectivity index (χ1n) is 8.22. The molecule has 1 heterocycles. The molecule has 1 saturated heterocycles. The van der Waals surface area contributed by atoms with E-state index in [2.05, 4.69) is 19.2 Å². The third-order valence-electron chi connectivity index (χ3n) is 4.84. The van der Waals surface area contributed by atoms with Crippen molar-refractivity contribution >= 4 is 5.91 Å². The van der Waals surface area contributed by atoms with Crippen LogP contribution in [0.25, 0.3) is 0 Å². The fourth-order valence-electron chi connectivity index (χ4n) is 3.73. The van der Waals surface area contributed by atoms with E-state index >= 15 is 0 Å². The average Bonchev–Trinajstić information content (AvgIpc) is 2.44. The highest BCUT2D eigenvalue weighted by Crippen LogP contribution is 2.37. The lowest BCUT2D eigenvalue weighted by atomic mass is 9.74. The van der Waals surface area contributed by atoms with Crippen molar-refractivity contribution in [1.29, 1.82) is 0 Å².